The Morgan fingerprint density at radius 1 is 1.32 bits per heavy atom. The second kappa shape index (κ2) is 4.97. The van der Waals surface area contributed by atoms with E-state index < -0.39 is 0 Å². The minimum absolute atomic E-state index is 0.132. The van der Waals surface area contributed by atoms with E-state index in [4.69, 9.17) is 4.74 Å². The van der Waals surface area contributed by atoms with Gasteiger partial charge in [0.2, 0.25) is 0 Å². The second-order valence-corrected chi connectivity index (χ2v) is 7.45. The fraction of sp³-hybridized carbons (Fsp3) is 0.550. The van der Waals surface area contributed by atoms with E-state index in [9.17, 15) is 4.79 Å². The molecular formula is C20H24O2. The molecule has 4 atom stereocenters. The summed E-state index contributed by atoms with van der Waals surface area (Å²) in [6.45, 7) is 2.32. The smallest absolute Gasteiger partial charge is 0.146 e. The molecule has 4 rings (SSSR count). The van der Waals surface area contributed by atoms with Crippen LogP contribution in [0.5, 0.6) is 5.75 Å². The Balaban J connectivity index is 1.68. The van der Waals surface area contributed by atoms with E-state index in [1.165, 1.54) is 18.4 Å². The highest BCUT2D eigenvalue weighted by Crippen LogP contribution is 2.60. The molecule has 0 saturated heterocycles. The van der Waals surface area contributed by atoms with Crippen LogP contribution in [0.25, 0.3) is 0 Å². The van der Waals surface area contributed by atoms with Gasteiger partial charge in [0.05, 0.1) is 7.11 Å². The van der Waals surface area contributed by atoms with Crippen LogP contribution in [0.15, 0.2) is 29.8 Å². The van der Waals surface area contributed by atoms with E-state index in [1.54, 1.807) is 12.7 Å². The monoisotopic (exact) mass is 296 g/mol. The third kappa shape index (κ3) is 1.82. The highest BCUT2D eigenvalue weighted by atomic mass is 16.5. The lowest BCUT2D eigenvalue weighted by Gasteiger charge is -2.49. The molecule has 0 bridgehead atoms. The van der Waals surface area contributed by atoms with E-state index >= 15 is 0 Å². The van der Waals surface area contributed by atoms with Gasteiger partial charge in [-0.25, -0.2) is 0 Å². The second-order valence-electron chi connectivity index (χ2n) is 7.45. The molecule has 0 aliphatic heterocycles. The molecule has 2 nitrogen and oxygen atoms in total. The number of aryl methyl sites for hydroxylation is 1. The molecule has 0 radical (unpaired) electrons. The van der Waals surface area contributed by atoms with Crippen LogP contribution < -0.4 is 4.74 Å². The SMILES string of the molecule is COc1ccc2c(c1)CC[C@@H]1[C@@H]2CC[C@]2(C)C(C=O)=CC[C@@H]12. The van der Waals surface area contributed by atoms with Gasteiger partial charge in [-0.15, -0.1) is 0 Å². The first-order valence-electron chi connectivity index (χ1n) is 8.50. The Labute approximate surface area is 132 Å². The van der Waals surface area contributed by atoms with Gasteiger partial charge in [-0.3, -0.25) is 4.79 Å². The van der Waals surface area contributed by atoms with Crippen molar-refractivity contribution < 1.29 is 9.53 Å². The van der Waals surface area contributed by atoms with Crippen molar-refractivity contribution >= 4 is 6.29 Å². The first-order chi connectivity index (χ1) is 10.7. The molecule has 0 amide bonds. The van der Waals surface area contributed by atoms with E-state index in [2.05, 4.69) is 31.2 Å². The lowest BCUT2D eigenvalue weighted by molar-refractivity contribution is -0.106. The van der Waals surface area contributed by atoms with Crippen molar-refractivity contribution in [3.63, 3.8) is 0 Å². The zero-order valence-electron chi connectivity index (χ0n) is 13.5. The van der Waals surface area contributed by atoms with Gasteiger partial charge < -0.3 is 4.74 Å². The summed E-state index contributed by atoms with van der Waals surface area (Å²) in [6.07, 6.45) is 9.18. The number of hydrogen-bond donors (Lipinski definition) is 0. The molecule has 116 valence electrons. The Morgan fingerprint density at radius 2 is 2.18 bits per heavy atom. The zero-order valence-corrected chi connectivity index (χ0v) is 13.5. The standard InChI is InChI=1S/C20H24O2/c1-20-10-9-17-16-7-5-15(22-2)11-13(16)3-6-18(17)19(20)8-4-14(20)12-21/h4-5,7,11-12,17-19H,3,6,8-10H2,1-2H3/t17-,18-,19+,20-/m1/s1. The largest absolute Gasteiger partial charge is 0.497 e. The highest BCUT2D eigenvalue weighted by molar-refractivity contribution is 5.76. The first-order valence-corrected chi connectivity index (χ1v) is 8.50. The maximum atomic E-state index is 11.4. The molecule has 0 aromatic heterocycles. The molecule has 2 heteroatoms. The van der Waals surface area contributed by atoms with Crippen LogP contribution in [0.4, 0.5) is 0 Å². The molecule has 22 heavy (non-hydrogen) atoms. The van der Waals surface area contributed by atoms with Gasteiger partial charge in [0.25, 0.3) is 0 Å². The normalized spacial score (nSPS) is 35.9. The van der Waals surface area contributed by atoms with Crippen LogP contribution in [0.3, 0.4) is 0 Å². The summed E-state index contributed by atoms with van der Waals surface area (Å²) in [5.74, 6) is 3.03. The number of aldehydes is 1. The van der Waals surface area contributed by atoms with E-state index in [-0.39, 0.29) is 5.41 Å². The summed E-state index contributed by atoms with van der Waals surface area (Å²) in [6, 6.07) is 6.62. The third-order valence-electron chi connectivity index (χ3n) is 6.70. The molecule has 1 aromatic carbocycles. The average molecular weight is 296 g/mol. The fourth-order valence-corrected chi connectivity index (χ4v) is 5.47. The quantitative estimate of drug-likeness (QED) is 0.761. The molecule has 0 N–H and O–H groups in total. The minimum Gasteiger partial charge on any atom is -0.497 e. The first kappa shape index (κ1) is 14.0. The predicted octanol–water partition coefficient (Wildman–Crippen LogP) is 4.29. The van der Waals surface area contributed by atoms with Gasteiger partial charge in [-0.2, -0.15) is 0 Å². The lowest BCUT2D eigenvalue weighted by atomic mass is 9.54. The van der Waals surface area contributed by atoms with Gasteiger partial charge in [0, 0.05) is 0 Å². The number of carbonyl (C=O) groups is 1. The fourth-order valence-electron chi connectivity index (χ4n) is 5.47. The highest BCUT2D eigenvalue weighted by Gasteiger charge is 2.51. The molecule has 0 heterocycles. The summed E-state index contributed by atoms with van der Waals surface area (Å²) in [7, 11) is 1.74. The number of rotatable bonds is 2. The number of methoxy groups -OCH3 is 1. The van der Waals surface area contributed by atoms with Gasteiger partial charge in [0.15, 0.2) is 0 Å². The third-order valence-corrected chi connectivity index (χ3v) is 6.70. The van der Waals surface area contributed by atoms with Gasteiger partial charge in [-0.05, 0) is 84.1 Å². The molecule has 1 saturated carbocycles. The number of hydrogen-bond acceptors (Lipinski definition) is 2. The van der Waals surface area contributed by atoms with Crippen molar-refractivity contribution in [2.24, 2.45) is 17.3 Å². The summed E-state index contributed by atoms with van der Waals surface area (Å²) >= 11 is 0. The maximum Gasteiger partial charge on any atom is 0.146 e. The maximum absolute atomic E-state index is 11.4. The van der Waals surface area contributed by atoms with E-state index in [0.717, 1.165) is 42.8 Å². The molecular weight excluding hydrogens is 272 g/mol. The van der Waals surface area contributed by atoms with E-state index in [0.29, 0.717) is 11.8 Å². The Morgan fingerprint density at radius 3 is 2.95 bits per heavy atom. The molecule has 1 aromatic rings. The number of fused-ring (bicyclic) bond motifs is 5. The van der Waals surface area contributed by atoms with Crippen LogP contribution >= 0.6 is 0 Å². The molecule has 0 unspecified atom stereocenters. The zero-order chi connectivity index (χ0) is 15.3. The summed E-state index contributed by atoms with van der Waals surface area (Å²) in [5.41, 5.74) is 4.22. The predicted molar refractivity (Wildman–Crippen MR) is 87.1 cm³/mol. The number of allylic oxidation sites excluding steroid dienone is 2. The van der Waals surface area contributed by atoms with Crippen molar-refractivity contribution in [2.75, 3.05) is 7.11 Å². The Hall–Kier alpha value is -1.57. The van der Waals surface area contributed by atoms with Gasteiger partial charge >= 0.3 is 0 Å². The minimum atomic E-state index is 0.132. The topological polar surface area (TPSA) is 26.3 Å². The van der Waals surface area contributed by atoms with Crippen molar-refractivity contribution in [1.82, 2.24) is 0 Å². The van der Waals surface area contributed by atoms with Gasteiger partial charge in [0.1, 0.15) is 12.0 Å². The van der Waals surface area contributed by atoms with Crippen LogP contribution in [-0.2, 0) is 11.2 Å². The van der Waals surface area contributed by atoms with Crippen molar-refractivity contribution in [2.45, 2.75) is 44.9 Å². The number of ether oxygens (including phenoxy) is 1. The summed E-state index contributed by atoms with van der Waals surface area (Å²) in [4.78, 5) is 11.4. The summed E-state index contributed by atoms with van der Waals surface area (Å²) in [5, 5.41) is 0. The molecule has 0 spiro atoms. The van der Waals surface area contributed by atoms with Crippen LogP contribution in [-0.4, -0.2) is 13.4 Å². The van der Waals surface area contributed by atoms with Crippen LogP contribution in [0.2, 0.25) is 0 Å². The molecule has 1 fully saturated rings. The molecule has 3 aliphatic carbocycles. The number of carbonyl (C=O) groups excluding carboxylic acids is 1. The van der Waals surface area contributed by atoms with Crippen LogP contribution in [0, 0.1) is 17.3 Å². The molecule has 3 aliphatic rings. The van der Waals surface area contributed by atoms with Crippen molar-refractivity contribution in [3.05, 3.63) is 41.0 Å². The van der Waals surface area contributed by atoms with E-state index in [1.807, 2.05) is 0 Å². The van der Waals surface area contributed by atoms with Crippen LogP contribution in [0.1, 0.15) is 49.7 Å². The van der Waals surface area contributed by atoms with Crippen molar-refractivity contribution in [3.8, 4) is 5.75 Å². The average Bonchev–Trinajstić information content (AvgIpc) is 2.90. The summed E-state index contributed by atoms with van der Waals surface area (Å²) < 4.78 is 5.38. The lowest BCUT2D eigenvalue weighted by Crippen LogP contribution is -2.41. The Bertz CT molecular complexity index is 645. The Kier molecular flexibility index (Phi) is 3.18. The number of benzene rings is 1. The van der Waals surface area contributed by atoms with Gasteiger partial charge in [-0.1, -0.05) is 19.1 Å². The van der Waals surface area contributed by atoms with Crippen molar-refractivity contribution in [1.29, 1.82) is 0 Å².